The standard InChI is InChI=1S/C14H18BrFN2O/c1-2-9-8-18(7-6-12(9)17)14(19)10-4-3-5-11(15)13(10)16/h3-5,9,12H,2,6-8,17H2,1H3. The predicted octanol–water partition coefficient (Wildman–Crippen LogP) is 2.79. The zero-order valence-electron chi connectivity index (χ0n) is 10.9. The molecule has 0 saturated carbocycles. The van der Waals surface area contributed by atoms with Gasteiger partial charge in [-0.15, -0.1) is 0 Å². The van der Waals surface area contributed by atoms with E-state index in [0.29, 0.717) is 23.5 Å². The van der Waals surface area contributed by atoms with Crippen molar-refractivity contribution in [2.75, 3.05) is 13.1 Å². The second-order valence-corrected chi connectivity index (χ2v) is 5.83. The van der Waals surface area contributed by atoms with Gasteiger partial charge in [-0.1, -0.05) is 19.4 Å². The van der Waals surface area contributed by atoms with Gasteiger partial charge in [0.2, 0.25) is 0 Å². The highest BCUT2D eigenvalue weighted by atomic mass is 79.9. The maximum Gasteiger partial charge on any atom is 0.256 e. The number of hydrogen-bond acceptors (Lipinski definition) is 2. The second-order valence-electron chi connectivity index (χ2n) is 4.97. The van der Waals surface area contributed by atoms with Crippen molar-refractivity contribution >= 4 is 21.8 Å². The summed E-state index contributed by atoms with van der Waals surface area (Å²) in [5, 5.41) is 0. The lowest BCUT2D eigenvalue weighted by Gasteiger charge is -2.36. The molecule has 0 aromatic heterocycles. The van der Waals surface area contributed by atoms with Crippen LogP contribution in [-0.4, -0.2) is 29.9 Å². The van der Waals surface area contributed by atoms with E-state index in [9.17, 15) is 9.18 Å². The van der Waals surface area contributed by atoms with Crippen LogP contribution in [0, 0.1) is 11.7 Å². The molecule has 1 aliphatic heterocycles. The highest BCUT2D eigenvalue weighted by Gasteiger charge is 2.29. The van der Waals surface area contributed by atoms with Crippen LogP contribution in [0.4, 0.5) is 4.39 Å². The summed E-state index contributed by atoms with van der Waals surface area (Å²) in [6, 6.07) is 4.93. The molecular formula is C14H18BrFN2O. The van der Waals surface area contributed by atoms with Crippen LogP contribution in [-0.2, 0) is 0 Å². The van der Waals surface area contributed by atoms with Gasteiger partial charge in [-0.3, -0.25) is 4.79 Å². The van der Waals surface area contributed by atoms with E-state index in [1.807, 2.05) is 0 Å². The van der Waals surface area contributed by atoms with E-state index >= 15 is 0 Å². The topological polar surface area (TPSA) is 46.3 Å². The summed E-state index contributed by atoms with van der Waals surface area (Å²) in [6.07, 6.45) is 1.71. The van der Waals surface area contributed by atoms with Gasteiger partial charge in [0.1, 0.15) is 5.82 Å². The molecule has 1 amide bonds. The molecule has 19 heavy (non-hydrogen) atoms. The average Bonchev–Trinajstić information content (AvgIpc) is 2.41. The number of hydrogen-bond donors (Lipinski definition) is 1. The fourth-order valence-corrected chi connectivity index (χ4v) is 2.87. The zero-order valence-corrected chi connectivity index (χ0v) is 12.5. The largest absolute Gasteiger partial charge is 0.338 e. The molecule has 2 atom stereocenters. The minimum Gasteiger partial charge on any atom is -0.338 e. The Morgan fingerprint density at radius 1 is 1.58 bits per heavy atom. The number of rotatable bonds is 2. The quantitative estimate of drug-likeness (QED) is 0.907. The maximum absolute atomic E-state index is 13.9. The molecule has 2 rings (SSSR count). The molecule has 0 spiro atoms. The molecule has 0 bridgehead atoms. The van der Waals surface area contributed by atoms with E-state index in [1.165, 1.54) is 6.07 Å². The van der Waals surface area contributed by atoms with Crippen LogP contribution in [0.2, 0.25) is 0 Å². The highest BCUT2D eigenvalue weighted by Crippen LogP contribution is 2.23. The summed E-state index contributed by atoms with van der Waals surface area (Å²) >= 11 is 3.11. The molecule has 1 aliphatic rings. The van der Waals surface area contributed by atoms with Crippen LogP contribution in [0.3, 0.4) is 0 Å². The van der Waals surface area contributed by atoms with Crippen molar-refractivity contribution in [3.8, 4) is 0 Å². The average molecular weight is 329 g/mol. The molecule has 0 aliphatic carbocycles. The monoisotopic (exact) mass is 328 g/mol. The highest BCUT2D eigenvalue weighted by molar-refractivity contribution is 9.10. The van der Waals surface area contributed by atoms with Crippen molar-refractivity contribution in [1.29, 1.82) is 0 Å². The van der Waals surface area contributed by atoms with Gasteiger partial charge in [0.05, 0.1) is 10.0 Å². The number of halogens is 2. The van der Waals surface area contributed by atoms with Crippen molar-refractivity contribution in [2.24, 2.45) is 11.7 Å². The Kier molecular flexibility index (Phi) is 4.58. The van der Waals surface area contributed by atoms with Gasteiger partial charge < -0.3 is 10.6 Å². The van der Waals surface area contributed by atoms with Crippen LogP contribution >= 0.6 is 15.9 Å². The Bertz CT molecular complexity index is 481. The lowest BCUT2D eigenvalue weighted by Crippen LogP contribution is -2.49. The number of nitrogens with zero attached hydrogens (tertiary/aromatic N) is 1. The van der Waals surface area contributed by atoms with Gasteiger partial charge in [-0.05, 0) is 40.4 Å². The van der Waals surface area contributed by atoms with Crippen molar-refractivity contribution in [1.82, 2.24) is 4.90 Å². The summed E-state index contributed by atoms with van der Waals surface area (Å²) in [6.45, 7) is 3.28. The van der Waals surface area contributed by atoms with Crippen LogP contribution in [0.15, 0.2) is 22.7 Å². The van der Waals surface area contributed by atoms with Crippen LogP contribution in [0.1, 0.15) is 30.1 Å². The SMILES string of the molecule is CCC1CN(C(=O)c2cccc(Br)c2F)CCC1N. The Labute approximate surface area is 121 Å². The molecule has 1 aromatic rings. The van der Waals surface area contributed by atoms with Gasteiger partial charge in [0, 0.05) is 19.1 Å². The van der Waals surface area contributed by atoms with Gasteiger partial charge >= 0.3 is 0 Å². The normalized spacial score (nSPS) is 23.5. The molecule has 0 radical (unpaired) electrons. The first kappa shape index (κ1) is 14.5. The van der Waals surface area contributed by atoms with Crippen LogP contribution in [0.25, 0.3) is 0 Å². The molecule has 104 valence electrons. The molecule has 2 unspecified atom stereocenters. The Morgan fingerprint density at radius 2 is 2.32 bits per heavy atom. The summed E-state index contributed by atoms with van der Waals surface area (Å²) in [4.78, 5) is 14.1. The van der Waals surface area contributed by atoms with E-state index in [2.05, 4.69) is 22.9 Å². The van der Waals surface area contributed by atoms with E-state index < -0.39 is 5.82 Å². The Hall–Kier alpha value is -0.940. The summed E-state index contributed by atoms with van der Waals surface area (Å²) in [7, 11) is 0. The third kappa shape index (κ3) is 2.98. The van der Waals surface area contributed by atoms with E-state index in [0.717, 1.165) is 12.8 Å². The number of benzene rings is 1. The number of amides is 1. The first-order chi connectivity index (χ1) is 9.04. The fourth-order valence-electron chi connectivity index (χ4n) is 2.51. The Balaban J connectivity index is 2.18. The molecule has 2 N–H and O–H groups in total. The van der Waals surface area contributed by atoms with Gasteiger partial charge in [-0.2, -0.15) is 0 Å². The molecule has 1 heterocycles. The summed E-state index contributed by atoms with van der Waals surface area (Å²) in [5.41, 5.74) is 6.15. The van der Waals surface area contributed by atoms with E-state index in [4.69, 9.17) is 5.73 Å². The number of nitrogens with two attached hydrogens (primary N) is 1. The number of likely N-dealkylation sites (tertiary alicyclic amines) is 1. The Morgan fingerprint density at radius 3 is 3.00 bits per heavy atom. The number of piperidine rings is 1. The predicted molar refractivity (Wildman–Crippen MR) is 76.4 cm³/mol. The third-order valence-corrected chi connectivity index (χ3v) is 4.40. The van der Waals surface area contributed by atoms with Crippen LogP contribution < -0.4 is 5.73 Å². The smallest absolute Gasteiger partial charge is 0.256 e. The van der Waals surface area contributed by atoms with E-state index in [-0.39, 0.29) is 17.5 Å². The second kappa shape index (κ2) is 6.01. The minimum absolute atomic E-state index is 0.125. The molecule has 5 heteroatoms. The number of carbonyl (C=O) groups is 1. The first-order valence-electron chi connectivity index (χ1n) is 6.53. The first-order valence-corrected chi connectivity index (χ1v) is 7.32. The van der Waals surface area contributed by atoms with Crippen molar-refractivity contribution < 1.29 is 9.18 Å². The summed E-state index contributed by atoms with van der Waals surface area (Å²) < 4.78 is 14.3. The van der Waals surface area contributed by atoms with Gasteiger partial charge in [0.25, 0.3) is 5.91 Å². The van der Waals surface area contributed by atoms with Crippen molar-refractivity contribution in [3.05, 3.63) is 34.1 Å². The molecule has 3 nitrogen and oxygen atoms in total. The molecule has 1 saturated heterocycles. The maximum atomic E-state index is 13.9. The van der Waals surface area contributed by atoms with E-state index in [1.54, 1.807) is 17.0 Å². The minimum atomic E-state index is -0.490. The summed E-state index contributed by atoms with van der Waals surface area (Å²) in [5.74, 6) is -0.438. The lowest BCUT2D eigenvalue weighted by atomic mass is 9.90. The zero-order chi connectivity index (χ0) is 14.0. The molecule has 1 fully saturated rings. The third-order valence-electron chi connectivity index (χ3n) is 3.79. The van der Waals surface area contributed by atoms with Crippen molar-refractivity contribution in [3.63, 3.8) is 0 Å². The van der Waals surface area contributed by atoms with Crippen LogP contribution in [0.5, 0.6) is 0 Å². The lowest BCUT2D eigenvalue weighted by molar-refractivity contribution is 0.0644. The van der Waals surface area contributed by atoms with Crippen molar-refractivity contribution in [2.45, 2.75) is 25.8 Å². The number of carbonyl (C=O) groups excluding carboxylic acids is 1. The fraction of sp³-hybridized carbons (Fsp3) is 0.500. The van der Waals surface area contributed by atoms with Gasteiger partial charge in [0.15, 0.2) is 0 Å². The molecule has 1 aromatic carbocycles. The molecular weight excluding hydrogens is 311 g/mol. The van der Waals surface area contributed by atoms with Gasteiger partial charge in [-0.25, -0.2) is 4.39 Å².